The van der Waals surface area contributed by atoms with Crippen LogP contribution in [0.4, 0.5) is 5.95 Å². The molecule has 1 aromatic carbocycles. The van der Waals surface area contributed by atoms with Crippen LogP contribution in [-0.4, -0.2) is 66.2 Å². The lowest BCUT2D eigenvalue weighted by Crippen LogP contribution is -2.51. The van der Waals surface area contributed by atoms with Gasteiger partial charge in [0.2, 0.25) is 5.95 Å². The number of rotatable bonds is 6. The SMILES string of the molecule is CC(C)(C)[Si](C)(C)OC[C@H]1O[C@@H](n2cnc3c(C#Cc4ccccc4)nc(N)nc32)[C@H](O)[C@@H]1O[Si](C)(C)C(C)(C)C. The van der Waals surface area contributed by atoms with Crippen molar-refractivity contribution < 1.29 is 18.7 Å². The minimum Gasteiger partial charge on any atom is -0.414 e. The van der Waals surface area contributed by atoms with Crippen molar-refractivity contribution >= 4 is 33.7 Å². The first-order chi connectivity index (χ1) is 18.9. The summed E-state index contributed by atoms with van der Waals surface area (Å²) in [4.78, 5) is 13.4. The van der Waals surface area contributed by atoms with Crippen molar-refractivity contribution in [3.63, 3.8) is 0 Å². The summed E-state index contributed by atoms with van der Waals surface area (Å²) in [6, 6.07) is 9.63. The molecule has 3 aromatic rings. The minimum atomic E-state index is -2.27. The normalized spacial score (nSPS) is 22.1. The van der Waals surface area contributed by atoms with E-state index in [2.05, 4.69) is 94.5 Å². The van der Waals surface area contributed by atoms with Crippen molar-refractivity contribution in [3.8, 4) is 11.8 Å². The van der Waals surface area contributed by atoms with Crippen molar-refractivity contribution in [1.29, 1.82) is 0 Å². The van der Waals surface area contributed by atoms with Crippen LogP contribution in [0, 0.1) is 11.8 Å². The first kappa shape index (κ1) is 31.3. The molecule has 41 heavy (non-hydrogen) atoms. The molecule has 1 fully saturated rings. The van der Waals surface area contributed by atoms with Gasteiger partial charge in [0.25, 0.3) is 0 Å². The van der Waals surface area contributed by atoms with Gasteiger partial charge in [0.15, 0.2) is 28.5 Å². The molecule has 11 heteroatoms. The third-order valence-electron chi connectivity index (χ3n) is 8.77. The molecule has 0 radical (unpaired) electrons. The first-order valence-corrected chi connectivity index (χ1v) is 20.0. The van der Waals surface area contributed by atoms with Gasteiger partial charge >= 0.3 is 0 Å². The molecule has 0 unspecified atom stereocenters. The smallest absolute Gasteiger partial charge is 0.223 e. The Morgan fingerprint density at radius 2 is 1.61 bits per heavy atom. The van der Waals surface area contributed by atoms with Crippen molar-refractivity contribution in [2.24, 2.45) is 0 Å². The maximum absolute atomic E-state index is 11.7. The molecule has 3 N–H and O–H groups in total. The number of nitrogens with zero attached hydrogens (tertiary/aromatic N) is 4. The van der Waals surface area contributed by atoms with Crippen LogP contribution in [0.5, 0.6) is 0 Å². The van der Waals surface area contributed by atoms with E-state index in [1.54, 1.807) is 10.9 Å². The highest BCUT2D eigenvalue weighted by Crippen LogP contribution is 2.43. The number of benzene rings is 1. The van der Waals surface area contributed by atoms with E-state index < -0.39 is 41.2 Å². The molecule has 0 bridgehead atoms. The van der Waals surface area contributed by atoms with Crippen LogP contribution in [0.25, 0.3) is 11.2 Å². The molecule has 2 aromatic heterocycles. The fourth-order valence-electron chi connectivity index (χ4n) is 4.11. The molecule has 3 heterocycles. The number of aromatic nitrogens is 4. The Kier molecular flexibility index (Phi) is 8.59. The van der Waals surface area contributed by atoms with Gasteiger partial charge in [-0.05, 0) is 54.3 Å². The van der Waals surface area contributed by atoms with Gasteiger partial charge in [-0.1, -0.05) is 65.7 Å². The summed E-state index contributed by atoms with van der Waals surface area (Å²) in [6.45, 7) is 22.3. The summed E-state index contributed by atoms with van der Waals surface area (Å²) in [6.07, 6.45) is -1.25. The first-order valence-electron chi connectivity index (χ1n) is 14.1. The van der Waals surface area contributed by atoms with Gasteiger partial charge in [-0.2, -0.15) is 4.98 Å². The molecule has 0 saturated carbocycles. The third kappa shape index (κ3) is 6.58. The van der Waals surface area contributed by atoms with Crippen LogP contribution in [0.15, 0.2) is 36.7 Å². The Morgan fingerprint density at radius 3 is 2.22 bits per heavy atom. The Labute approximate surface area is 246 Å². The van der Waals surface area contributed by atoms with E-state index in [0.29, 0.717) is 23.5 Å². The summed E-state index contributed by atoms with van der Waals surface area (Å²) in [5.41, 5.74) is 8.30. The molecule has 9 nitrogen and oxygen atoms in total. The second kappa shape index (κ2) is 11.2. The van der Waals surface area contributed by atoms with E-state index in [4.69, 9.17) is 19.3 Å². The van der Waals surface area contributed by atoms with Crippen molar-refractivity contribution in [3.05, 3.63) is 47.9 Å². The van der Waals surface area contributed by atoms with Gasteiger partial charge in [0, 0.05) is 5.56 Å². The van der Waals surface area contributed by atoms with Crippen LogP contribution >= 0.6 is 0 Å². The predicted molar refractivity (Wildman–Crippen MR) is 167 cm³/mol. The van der Waals surface area contributed by atoms with E-state index in [1.807, 2.05) is 30.3 Å². The zero-order chi connectivity index (χ0) is 30.4. The number of aliphatic hydroxyl groups excluding tert-OH is 1. The summed E-state index contributed by atoms with van der Waals surface area (Å²) in [7, 11) is -4.35. The molecule has 0 amide bonds. The number of nitrogens with two attached hydrogens (primary N) is 1. The number of ether oxygens (including phenoxy) is 1. The Hall–Kier alpha value is -2.60. The third-order valence-corrected chi connectivity index (χ3v) is 17.7. The van der Waals surface area contributed by atoms with E-state index in [-0.39, 0.29) is 16.0 Å². The number of nitrogen functional groups attached to an aromatic ring is 1. The molecule has 1 saturated heterocycles. The Morgan fingerprint density at radius 1 is 0.976 bits per heavy atom. The zero-order valence-electron chi connectivity index (χ0n) is 26.0. The molecule has 0 aliphatic carbocycles. The molecule has 222 valence electrons. The number of fused-ring (bicyclic) bond motifs is 1. The standard InChI is InChI=1S/C30H45N5O4Si2/c1-29(2,3)40(7,8)37-18-22-25(39-41(9,10)30(4,5)6)24(36)27(38-22)35-19-32-23-21(33-28(31)34-26(23)35)17-16-20-14-12-11-13-15-20/h11-15,19,22,24-25,27,36H,18H2,1-10H3,(H2,31,33,34)/t22-,24-,25-,27-/m1/s1. The topological polar surface area (TPSA) is 118 Å². The quantitative estimate of drug-likeness (QED) is 0.284. The largest absolute Gasteiger partial charge is 0.414 e. The molecular formula is C30H45N5O4Si2. The second-order valence-corrected chi connectivity index (χ2v) is 23.4. The lowest BCUT2D eigenvalue weighted by molar-refractivity contribution is -0.0487. The summed E-state index contributed by atoms with van der Waals surface area (Å²) in [5, 5.41) is 11.7. The summed E-state index contributed by atoms with van der Waals surface area (Å²) in [5.74, 6) is 6.26. The number of hydrogen-bond donors (Lipinski definition) is 2. The molecule has 0 spiro atoms. The van der Waals surface area contributed by atoms with Crippen molar-refractivity contribution in [2.75, 3.05) is 12.3 Å². The number of hydrogen-bond acceptors (Lipinski definition) is 8. The predicted octanol–water partition coefficient (Wildman–Crippen LogP) is 5.48. The monoisotopic (exact) mass is 595 g/mol. The maximum Gasteiger partial charge on any atom is 0.223 e. The van der Waals surface area contributed by atoms with Gasteiger partial charge in [-0.3, -0.25) is 4.57 Å². The van der Waals surface area contributed by atoms with Crippen LogP contribution in [0.1, 0.15) is 59.0 Å². The summed E-state index contributed by atoms with van der Waals surface area (Å²) < 4.78 is 21.6. The Bertz CT molecular complexity index is 1430. The number of anilines is 1. The Balaban J connectivity index is 1.70. The van der Waals surface area contributed by atoms with Gasteiger partial charge in [-0.25, -0.2) is 9.97 Å². The lowest BCUT2D eigenvalue weighted by atomic mass is 10.1. The zero-order valence-corrected chi connectivity index (χ0v) is 28.0. The van der Waals surface area contributed by atoms with Crippen LogP contribution < -0.4 is 5.73 Å². The molecule has 1 aliphatic rings. The fourth-order valence-corrected chi connectivity index (χ4v) is 6.45. The van der Waals surface area contributed by atoms with E-state index in [0.717, 1.165) is 5.56 Å². The van der Waals surface area contributed by atoms with Crippen molar-refractivity contribution in [2.45, 2.75) is 102 Å². The number of aliphatic hydroxyl groups is 1. The van der Waals surface area contributed by atoms with Crippen LogP contribution in [-0.2, 0) is 13.6 Å². The van der Waals surface area contributed by atoms with E-state index in [1.165, 1.54) is 0 Å². The molecule has 1 aliphatic heterocycles. The van der Waals surface area contributed by atoms with Crippen LogP contribution in [0.3, 0.4) is 0 Å². The van der Waals surface area contributed by atoms with Gasteiger partial charge in [0.05, 0.1) is 12.9 Å². The highest BCUT2D eigenvalue weighted by atomic mass is 28.4. The van der Waals surface area contributed by atoms with E-state index >= 15 is 0 Å². The molecular weight excluding hydrogens is 551 g/mol. The highest BCUT2D eigenvalue weighted by molar-refractivity contribution is 6.74. The maximum atomic E-state index is 11.7. The number of imidazole rings is 1. The van der Waals surface area contributed by atoms with Crippen LogP contribution in [0.2, 0.25) is 36.3 Å². The van der Waals surface area contributed by atoms with Gasteiger partial charge < -0.3 is 24.4 Å². The molecule has 4 rings (SSSR count). The average Bonchev–Trinajstić information content (AvgIpc) is 3.41. The van der Waals surface area contributed by atoms with Crippen molar-refractivity contribution in [1.82, 2.24) is 19.5 Å². The fraction of sp³-hybridized carbons (Fsp3) is 0.567. The molecule has 4 atom stereocenters. The van der Waals surface area contributed by atoms with Gasteiger partial charge in [-0.15, -0.1) is 0 Å². The van der Waals surface area contributed by atoms with E-state index in [9.17, 15) is 5.11 Å². The lowest BCUT2D eigenvalue weighted by Gasteiger charge is -2.41. The second-order valence-electron chi connectivity index (χ2n) is 13.8. The van der Waals surface area contributed by atoms with Gasteiger partial charge in [0.1, 0.15) is 29.5 Å². The average molecular weight is 596 g/mol. The minimum absolute atomic E-state index is 0.0333. The highest BCUT2D eigenvalue weighted by Gasteiger charge is 2.51. The summed E-state index contributed by atoms with van der Waals surface area (Å²) >= 11 is 0.